The zero-order valence-corrected chi connectivity index (χ0v) is 35.6. The topological polar surface area (TPSA) is 6.48 Å². The number of hydrogen-bond acceptors (Lipinski definition) is 2. The number of para-hydroxylation sites is 4. The lowest BCUT2D eigenvalue weighted by Crippen LogP contribution is -2.14. The van der Waals surface area contributed by atoms with Crippen molar-refractivity contribution in [2.45, 2.75) is 12.8 Å². The van der Waals surface area contributed by atoms with Crippen molar-refractivity contribution in [2.75, 3.05) is 9.80 Å². The summed E-state index contributed by atoms with van der Waals surface area (Å²) in [6, 6.07) is 92.8. The summed E-state index contributed by atoms with van der Waals surface area (Å²) >= 11 is 0. The standard InChI is InChI=1S/C62H46N2/c1-4-16-45(17-5-1)46-28-30-47(31-29-46)48-32-34-49(35-33-48)50-36-38-57(39-37-50)63(55-21-6-2-7-22-55)58-40-41-60-54(44-58)43-53-20-12-15-27-62(53)64(56-23-8-3-9-24-56)61-26-14-11-19-52(61)42-51-18-10-13-25-59(51)60/h1-41,44H,42-43H2. The number of rotatable bonds is 7. The molecule has 0 fully saturated rings. The van der Waals surface area contributed by atoms with Crippen molar-refractivity contribution >= 4 is 34.1 Å². The van der Waals surface area contributed by atoms with Crippen molar-refractivity contribution in [1.82, 2.24) is 0 Å². The van der Waals surface area contributed by atoms with Crippen LogP contribution >= 0.6 is 0 Å². The van der Waals surface area contributed by atoms with Crippen LogP contribution in [0.5, 0.6) is 0 Å². The summed E-state index contributed by atoms with van der Waals surface area (Å²) in [5, 5.41) is 0. The van der Waals surface area contributed by atoms with E-state index in [1.807, 2.05) is 0 Å². The molecule has 0 amide bonds. The average molecular weight is 819 g/mol. The van der Waals surface area contributed by atoms with Crippen molar-refractivity contribution in [3.63, 3.8) is 0 Å². The molecule has 2 heteroatoms. The fourth-order valence-electron chi connectivity index (χ4n) is 9.39. The minimum absolute atomic E-state index is 0.758. The molecular weight excluding hydrogens is 773 g/mol. The van der Waals surface area contributed by atoms with Gasteiger partial charge in [-0.15, -0.1) is 0 Å². The van der Waals surface area contributed by atoms with Gasteiger partial charge in [-0.1, -0.05) is 194 Å². The minimum atomic E-state index is 0.758. The van der Waals surface area contributed by atoms with Gasteiger partial charge in [-0.25, -0.2) is 0 Å². The summed E-state index contributed by atoms with van der Waals surface area (Å²) in [5.74, 6) is 0. The van der Waals surface area contributed by atoms with Crippen LogP contribution < -0.4 is 9.80 Å². The SMILES string of the molecule is c1ccc(-c2ccc(-c3ccc(-c4ccc(N(c5ccccc5)c5ccc6c(c5)Cc5ccccc5N(c5ccccc5)c5ccccc5Cc5ccccc5-6)cc4)cc3)cc2)cc1. The normalized spacial score (nSPS) is 11.9. The van der Waals surface area contributed by atoms with Crippen LogP contribution in [0.1, 0.15) is 22.3 Å². The summed E-state index contributed by atoms with van der Waals surface area (Å²) in [7, 11) is 0. The lowest BCUT2D eigenvalue weighted by molar-refractivity contribution is 1.14. The lowest BCUT2D eigenvalue weighted by Gasteiger charge is -2.30. The molecule has 0 saturated heterocycles. The predicted octanol–water partition coefficient (Wildman–Crippen LogP) is 16.8. The molecule has 0 aromatic heterocycles. The first kappa shape index (κ1) is 38.7. The van der Waals surface area contributed by atoms with E-state index in [0.29, 0.717) is 0 Å². The van der Waals surface area contributed by atoms with E-state index in [4.69, 9.17) is 0 Å². The van der Waals surface area contributed by atoms with Crippen LogP contribution in [0, 0.1) is 0 Å². The van der Waals surface area contributed by atoms with Crippen LogP contribution in [0.3, 0.4) is 0 Å². The summed E-state index contributed by atoms with van der Waals surface area (Å²) in [6.07, 6.45) is 1.57. The first-order valence-corrected chi connectivity index (χ1v) is 22.2. The van der Waals surface area contributed by atoms with Gasteiger partial charge in [-0.2, -0.15) is 0 Å². The van der Waals surface area contributed by atoms with Crippen LogP contribution in [0.15, 0.2) is 255 Å². The summed E-state index contributed by atoms with van der Waals surface area (Å²) < 4.78 is 0. The molecule has 10 aromatic carbocycles. The molecule has 0 spiro atoms. The van der Waals surface area contributed by atoms with Gasteiger partial charge in [0.05, 0.1) is 0 Å². The molecule has 0 bridgehead atoms. The summed E-state index contributed by atoms with van der Waals surface area (Å²) in [4.78, 5) is 4.85. The molecule has 0 saturated carbocycles. The highest BCUT2D eigenvalue weighted by Crippen LogP contribution is 2.44. The van der Waals surface area contributed by atoms with E-state index in [2.05, 4.69) is 265 Å². The Morgan fingerprint density at radius 3 is 1.20 bits per heavy atom. The third-order valence-electron chi connectivity index (χ3n) is 12.6. The highest BCUT2D eigenvalue weighted by atomic mass is 15.2. The second-order valence-corrected chi connectivity index (χ2v) is 16.5. The third-order valence-corrected chi connectivity index (χ3v) is 12.6. The molecule has 0 unspecified atom stereocenters. The Bertz CT molecular complexity index is 3180. The zero-order valence-electron chi connectivity index (χ0n) is 35.6. The van der Waals surface area contributed by atoms with Gasteiger partial charge in [0.25, 0.3) is 0 Å². The number of nitrogens with zero attached hydrogens (tertiary/aromatic N) is 2. The second-order valence-electron chi connectivity index (χ2n) is 16.5. The average Bonchev–Trinajstić information content (AvgIpc) is 3.38. The van der Waals surface area contributed by atoms with Gasteiger partial charge in [0.2, 0.25) is 0 Å². The van der Waals surface area contributed by atoms with E-state index >= 15 is 0 Å². The van der Waals surface area contributed by atoms with Crippen LogP contribution in [0.25, 0.3) is 44.5 Å². The first-order chi connectivity index (χ1) is 31.7. The van der Waals surface area contributed by atoms with Crippen LogP contribution in [0.4, 0.5) is 34.1 Å². The van der Waals surface area contributed by atoms with Gasteiger partial charge in [-0.05, 0) is 127 Å². The van der Waals surface area contributed by atoms with E-state index in [-0.39, 0.29) is 0 Å². The predicted molar refractivity (Wildman–Crippen MR) is 270 cm³/mol. The Kier molecular flexibility index (Phi) is 10.5. The van der Waals surface area contributed by atoms with Crippen molar-refractivity contribution in [1.29, 1.82) is 0 Å². The maximum Gasteiger partial charge on any atom is 0.0497 e. The van der Waals surface area contributed by atoms with Crippen molar-refractivity contribution < 1.29 is 0 Å². The molecule has 304 valence electrons. The molecule has 2 nitrogen and oxygen atoms in total. The quantitative estimate of drug-likeness (QED) is 0.158. The van der Waals surface area contributed by atoms with Crippen LogP contribution in [-0.2, 0) is 12.8 Å². The van der Waals surface area contributed by atoms with Gasteiger partial charge in [0.1, 0.15) is 0 Å². The molecule has 64 heavy (non-hydrogen) atoms. The van der Waals surface area contributed by atoms with E-state index in [0.717, 1.165) is 35.6 Å². The fourth-order valence-corrected chi connectivity index (χ4v) is 9.39. The highest BCUT2D eigenvalue weighted by molar-refractivity contribution is 5.85. The van der Waals surface area contributed by atoms with E-state index in [1.54, 1.807) is 0 Å². The molecule has 1 heterocycles. The van der Waals surface area contributed by atoms with Gasteiger partial charge in [0, 0.05) is 47.0 Å². The lowest BCUT2D eigenvalue weighted by atomic mass is 9.89. The van der Waals surface area contributed by atoms with Crippen LogP contribution in [0.2, 0.25) is 0 Å². The van der Waals surface area contributed by atoms with Crippen molar-refractivity contribution in [3.8, 4) is 44.5 Å². The first-order valence-electron chi connectivity index (χ1n) is 22.2. The number of benzene rings is 10. The highest BCUT2D eigenvalue weighted by Gasteiger charge is 2.23. The number of fused-ring (bicyclic) bond motifs is 5. The Morgan fingerprint density at radius 1 is 0.266 bits per heavy atom. The van der Waals surface area contributed by atoms with E-state index < -0.39 is 0 Å². The summed E-state index contributed by atoms with van der Waals surface area (Å²) in [5.41, 5.74) is 21.8. The van der Waals surface area contributed by atoms with Gasteiger partial charge < -0.3 is 9.80 Å². The van der Waals surface area contributed by atoms with Gasteiger partial charge in [-0.3, -0.25) is 0 Å². The van der Waals surface area contributed by atoms with E-state index in [9.17, 15) is 0 Å². The van der Waals surface area contributed by atoms with Crippen LogP contribution in [-0.4, -0.2) is 0 Å². The van der Waals surface area contributed by atoms with E-state index in [1.165, 1.54) is 78.1 Å². The fraction of sp³-hybridized carbons (Fsp3) is 0.0323. The molecule has 11 rings (SSSR count). The van der Waals surface area contributed by atoms with Crippen molar-refractivity contribution in [2.24, 2.45) is 0 Å². The Balaban J connectivity index is 0.973. The molecule has 10 aromatic rings. The molecule has 1 aliphatic heterocycles. The second kappa shape index (κ2) is 17.3. The molecule has 0 aliphatic carbocycles. The Labute approximate surface area is 376 Å². The molecule has 0 N–H and O–H groups in total. The smallest absolute Gasteiger partial charge is 0.0497 e. The van der Waals surface area contributed by atoms with Gasteiger partial charge >= 0.3 is 0 Å². The minimum Gasteiger partial charge on any atom is -0.310 e. The maximum atomic E-state index is 2.46. The van der Waals surface area contributed by atoms with Crippen molar-refractivity contribution in [3.05, 3.63) is 277 Å². The monoisotopic (exact) mass is 818 g/mol. The third kappa shape index (κ3) is 7.67. The maximum absolute atomic E-state index is 2.46. The Morgan fingerprint density at radius 2 is 0.641 bits per heavy atom. The zero-order chi connectivity index (χ0) is 42.7. The molecule has 0 atom stereocenters. The molecular formula is C62H46N2. The molecule has 0 radical (unpaired) electrons. The van der Waals surface area contributed by atoms with Gasteiger partial charge in [0.15, 0.2) is 0 Å². The largest absolute Gasteiger partial charge is 0.310 e. The number of anilines is 6. The molecule has 1 aliphatic rings. The number of hydrogen-bond donors (Lipinski definition) is 0. The Hall–Kier alpha value is -8.20. The summed E-state index contributed by atoms with van der Waals surface area (Å²) in [6.45, 7) is 0.